The van der Waals surface area contributed by atoms with Gasteiger partial charge >= 0.3 is 0 Å². The molecule has 2 nitrogen and oxygen atoms in total. The van der Waals surface area contributed by atoms with Crippen molar-refractivity contribution in [3.8, 4) is 0 Å². The van der Waals surface area contributed by atoms with Gasteiger partial charge in [-0.3, -0.25) is 4.79 Å². The van der Waals surface area contributed by atoms with E-state index in [1.54, 1.807) is 11.8 Å². The molecule has 0 bridgehead atoms. The molecule has 0 saturated heterocycles. The number of halogens is 1. The molecule has 0 saturated carbocycles. The van der Waals surface area contributed by atoms with E-state index in [1.165, 1.54) is 23.3 Å². The summed E-state index contributed by atoms with van der Waals surface area (Å²) in [7, 11) is 1.93. The minimum atomic E-state index is 0.0578. The first-order valence-electron chi connectivity index (χ1n) is 6.76. The number of fused-ring (bicyclic) bond motifs is 1. The van der Waals surface area contributed by atoms with E-state index < -0.39 is 0 Å². The Hall–Kier alpha value is -0.480. The minimum absolute atomic E-state index is 0.0578. The Balaban J connectivity index is 1.90. The highest BCUT2D eigenvalue weighted by Gasteiger charge is 2.30. The zero-order valence-corrected chi connectivity index (χ0v) is 13.7. The molecule has 0 N–H and O–H groups in total. The second-order valence-electron chi connectivity index (χ2n) is 4.91. The summed E-state index contributed by atoms with van der Waals surface area (Å²) in [5, 5.41) is 1.05. The van der Waals surface area contributed by atoms with E-state index >= 15 is 0 Å². The van der Waals surface area contributed by atoms with Crippen LogP contribution in [0.5, 0.6) is 0 Å². The second-order valence-corrected chi connectivity index (χ2v) is 6.77. The summed E-state index contributed by atoms with van der Waals surface area (Å²) in [6.45, 7) is 0.870. The lowest BCUT2D eigenvalue weighted by atomic mass is 10.00. The number of carbonyl (C=O) groups is 1. The van der Waals surface area contributed by atoms with Gasteiger partial charge in [-0.1, -0.05) is 40.5 Å². The van der Waals surface area contributed by atoms with Gasteiger partial charge in [0.15, 0.2) is 0 Å². The third kappa shape index (κ3) is 3.76. The molecular formula is C15H20BrNOS. The van der Waals surface area contributed by atoms with E-state index in [0.717, 1.165) is 24.0 Å². The second kappa shape index (κ2) is 7.34. The van der Waals surface area contributed by atoms with Gasteiger partial charge in [-0.2, -0.15) is 0 Å². The molecule has 1 aromatic carbocycles. The van der Waals surface area contributed by atoms with Gasteiger partial charge in [0.1, 0.15) is 0 Å². The molecule has 1 heterocycles. The SMILES string of the molecule is CN(CCCCCBr)C(=O)C1CSc2ccccc21. The number of amides is 1. The van der Waals surface area contributed by atoms with Gasteiger partial charge in [0, 0.05) is 29.6 Å². The molecular weight excluding hydrogens is 322 g/mol. The number of unbranched alkanes of at least 4 members (excludes halogenated alkanes) is 2. The Morgan fingerprint density at radius 2 is 2.16 bits per heavy atom. The average Bonchev–Trinajstić information content (AvgIpc) is 2.86. The van der Waals surface area contributed by atoms with Gasteiger partial charge in [-0.05, 0) is 24.5 Å². The van der Waals surface area contributed by atoms with E-state index in [0.29, 0.717) is 0 Å². The van der Waals surface area contributed by atoms with Crippen molar-refractivity contribution >= 4 is 33.6 Å². The smallest absolute Gasteiger partial charge is 0.230 e. The molecule has 0 fully saturated rings. The van der Waals surface area contributed by atoms with Gasteiger partial charge in [-0.15, -0.1) is 11.8 Å². The summed E-state index contributed by atoms with van der Waals surface area (Å²) in [6, 6.07) is 8.28. The Bertz CT molecular complexity index is 438. The minimum Gasteiger partial charge on any atom is -0.345 e. The molecule has 0 spiro atoms. The van der Waals surface area contributed by atoms with Crippen molar-refractivity contribution in [1.82, 2.24) is 4.90 Å². The van der Waals surface area contributed by atoms with Crippen LogP contribution in [0.3, 0.4) is 0 Å². The third-order valence-corrected chi connectivity index (χ3v) is 5.24. The van der Waals surface area contributed by atoms with Crippen LogP contribution in [-0.4, -0.2) is 35.5 Å². The molecule has 0 aromatic heterocycles. The lowest BCUT2D eigenvalue weighted by Crippen LogP contribution is -2.32. The van der Waals surface area contributed by atoms with Crippen LogP contribution in [0.1, 0.15) is 30.7 Å². The quantitative estimate of drug-likeness (QED) is 0.577. The summed E-state index contributed by atoms with van der Waals surface area (Å²) in [6.07, 6.45) is 3.46. The fourth-order valence-electron chi connectivity index (χ4n) is 2.36. The Kier molecular flexibility index (Phi) is 5.76. The number of hydrogen-bond acceptors (Lipinski definition) is 2. The van der Waals surface area contributed by atoms with E-state index in [9.17, 15) is 4.79 Å². The van der Waals surface area contributed by atoms with E-state index in [2.05, 4.69) is 28.1 Å². The van der Waals surface area contributed by atoms with Crippen molar-refractivity contribution in [3.05, 3.63) is 29.8 Å². The third-order valence-electron chi connectivity index (χ3n) is 3.50. The predicted octanol–water partition coefficient (Wildman–Crippen LogP) is 3.90. The number of alkyl halides is 1. The molecule has 1 unspecified atom stereocenters. The number of nitrogens with zero attached hydrogens (tertiary/aromatic N) is 1. The molecule has 19 heavy (non-hydrogen) atoms. The number of rotatable bonds is 6. The molecule has 4 heteroatoms. The van der Waals surface area contributed by atoms with Crippen LogP contribution in [0.25, 0.3) is 0 Å². The topological polar surface area (TPSA) is 20.3 Å². The Morgan fingerprint density at radius 3 is 2.95 bits per heavy atom. The highest BCUT2D eigenvalue weighted by atomic mass is 79.9. The van der Waals surface area contributed by atoms with Crippen LogP contribution in [-0.2, 0) is 4.79 Å². The number of hydrogen-bond donors (Lipinski definition) is 0. The van der Waals surface area contributed by atoms with Crippen molar-refractivity contribution < 1.29 is 4.79 Å². The summed E-state index contributed by atoms with van der Waals surface area (Å²) in [4.78, 5) is 15.7. The van der Waals surface area contributed by atoms with E-state index in [-0.39, 0.29) is 11.8 Å². The van der Waals surface area contributed by atoms with Crippen molar-refractivity contribution in [2.45, 2.75) is 30.1 Å². The van der Waals surface area contributed by atoms with Crippen LogP contribution in [0.4, 0.5) is 0 Å². The van der Waals surface area contributed by atoms with Crippen molar-refractivity contribution in [2.75, 3.05) is 24.7 Å². The van der Waals surface area contributed by atoms with Crippen LogP contribution >= 0.6 is 27.7 Å². The van der Waals surface area contributed by atoms with Crippen LogP contribution in [0.2, 0.25) is 0 Å². The van der Waals surface area contributed by atoms with Crippen molar-refractivity contribution in [1.29, 1.82) is 0 Å². The number of likely N-dealkylation sites (N-methyl/N-ethyl adjacent to an activating group) is 1. The summed E-state index contributed by atoms with van der Waals surface area (Å²) in [5.74, 6) is 1.22. The fourth-order valence-corrected chi connectivity index (χ4v) is 3.98. The van der Waals surface area contributed by atoms with Crippen molar-refractivity contribution in [2.24, 2.45) is 0 Å². The molecule has 0 aliphatic carbocycles. The maximum absolute atomic E-state index is 12.5. The highest BCUT2D eigenvalue weighted by molar-refractivity contribution is 9.09. The molecule has 1 aliphatic heterocycles. The fraction of sp³-hybridized carbons (Fsp3) is 0.533. The standard InChI is InChI=1S/C15H20BrNOS/c1-17(10-6-2-5-9-16)15(18)13-11-19-14-8-4-3-7-12(13)14/h3-4,7-8,13H,2,5-6,9-11H2,1H3. The average molecular weight is 342 g/mol. The monoisotopic (exact) mass is 341 g/mol. The zero-order valence-electron chi connectivity index (χ0n) is 11.3. The first-order valence-corrected chi connectivity index (χ1v) is 8.87. The Labute approximate surface area is 128 Å². The largest absolute Gasteiger partial charge is 0.345 e. The maximum atomic E-state index is 12.5. The van der Waals surface area contributed by atoms with Crippen LogP contribution in [0, 0.1) is 0 Å². The van der Waals surface area contributed by atoms with E-state index in [4.69, 9.17) is 0 Å². The van der Waals surface area contributed by atoms with Gasteiger partial charge in [0.05, 0.1) is 5.92 Å². The number of benzene rings is 1. The van der Waals surface area contributed by atoms with Gasteiger partial charge < -0.3 is 4.90 Å². The molecule has 1 aliphatic rings. The number of carbonyl (C=O) groups excluding carboxylic acids is 1. The van der Waals surface area contributed by atoms with Gasteiger partial charge in [0.2, 0.25) is 5.91 Å². The molecule has 1 amide bonds. The molecule has 0 radical (unpaired) electrons. The summed E-state index contributed by atoms with van der Waals surface area (Å²) >= 11 is 5.23. The highest BCUT2D eigenvalue weighted by Crippen LogP contribution is 2.40. The van der Waals surface area contributed by atoms with Gasteiger partial charge in [-0.25, -0.2) is 0 Å². The zero-order chi connectivity index (χ0) is 13.7. The molecule has 1 atom stereocenters. The molecule has 2 rings (SSSR count). The van der Waals surface area contributed by atoms with E-state index in [1.807, 2.05) is 24.1 Å². The first-order chi connectivity index (χ1) is 9.24. The molecule has 1 aromatic rings. The van der Waals surface area contributed by atoms with Gasteiger partial charge in [0.25, 0.3) is 0 Å². The molecule has 104 valence electrons. The summed E-state index contributed by atoms with van der Waals surface area (Å²) < 4.78 is 0. The van der Waals surface area contributed by atoms with Crippen LogP contribution < -0.4 is 0 Å². The first kappa shape index (κ1) is 14.9. The predicted molar refractivity (Wildman–Crippen MR) is 85.2 cm³/mol. The number of thioether (sulfide) groups is 1. The normalized spacial score (nSPS) is 17.3. The lowest BCUT2D eigenvalue weighted by Gasteiger charge is -2.21. The van der Waals surface area contributed by atoms with Crippen LogP contribution in [0.15, 0.2) is 29.2 Å². The summed E-state index contributed by atoms with van der Waals surface area (Å²) in [5.41, 5.74) is 1.21. The maximum Gasteiger partial charge on any atom is 0.230 e. The van der Waals surface area contributed by atoms with Crippen molar-refractivity contribution in [3.63, 3.8) is 0 Å². The Morgan fingerprint density at radius 1 is 1.37 bits per heavy atom. The lowest BCUT2D eigenvalue weighted by molar-refractivity contribution is -0.131.